The summed E-state index contributed by atoms with van der Waals surface area (Å²) in [6.07, 6.45) is 2.19. The third-order valence-corrected chi connectivity index (χ3v) is 4.66. The van der Waals surface area contributed by atoms with E-state index in [1.165, 1.54) is 0 Å². The van der Waals surface area contributed by atoms with Gasteiger partial charge in [0.25, 0.3) is 5.91 Å². The van der Waals surface area contributed by atoms with Crippen molar-refractivity contribution in [1.29, 1.82) is 5.41 Å². The number of nitrogens with zero attached hydrogens (tertiary/aromatic N) is 1. The summed E-state index contributed by atoms with van der Waals surface area (Å²) in [5, 5.41) is 10.6. The lowest BCUT2D eigenvalue weighted by Crippen LogP contribution is -2.28. The minimum absolute atomic E-state index is 0.0587. The van der Waals surface area contributed by atoms with Crippen LogP contribution in [0.25, 0.3) is 0 Å². The number of nitrogen functional groups attached to an aromatic ring is 1. The summed E-state index contributed by atoms with van der Waals surface area (Å²) in [7, 11) is 0. The minimum Gasteiger partial charge on any atom is -0.384 e. The molecule has 5 nitrogen and oxygen atoms in total. The van der Waals surface area contributed by atoms with Gasteiger partial charge in [-0.1, -0.05) is 11.8 Å². The first-order valence-corrected chi connectivity index (χ1v) is 9.12. The highest BCUT2D eigenvalue weighted by atomic mass is 16.2. The van der Waals surface area contributed by atoms with E-state index in [0.29, 0.717) is 12.1 Å². The fourth-order valence-corrected chi connectivity index (χ4v) is 3.13. The molecular formula is C22H24N4O. The molecule has 1 aliphatic rings. The Morgan fingerprint density at radius 2 is 1.89 bits per heavy atom. The zero-order valence-electron chi connectivity index (χ0n) is 15.5. The topological polar surface area (TPSA) is 82.2 Å². The van der Waals surface area contributed by atoms with Gasteiger partial charge in [0.2, 0.25) is 0 Å². The molecule has 0 spiro atoms. The lowest BCUT2D eigenvalue weighted by molar-refractivity contribution is 0.0792. The number of rotatable bonds is 4. The van der Waals surface area contributed by atoms with Crippen LogP contribution >= 0.6 is 0 Å². The van der Waals surface area contributed by atoms with Gasteiger partial charge in [-0.25, -0.2) is 0 Å². The highest BCUT2D eigenvalue weighted by molar-refractivity contribution is 5.96. The average molecular weight is 360 g/mol. The number of carbonyl (C=O) groups is 1. The van der Waals surface area contributed by atoms with Crippen LogP contribution < -0.4 is 11.1 Å². The Labute approximate surface area is 160 Å². The van der Waals surface area contributed by atoms with Crippen LogP contribution in [0.1, 0.15) is 39.9 Å². The monoisotopic (exact) mass is 360 g/mol. The number of nitrogens with two attached hydrogens (primary N) is 1. The van der Waals surface area contributed by atoms with Crippen LogP contribution in [0.3, 0.4) is 0 Å². The van der Waals surface area contributed by atoms with Gasteiger partial charge in [-0.15, -0.1) is 0 Å². The molecule has 4 N–H and O–H groups in total. The van der Waals surface area contributed by atoms with Crippen molar-refractivity contribution in [1.82, 2.24) is 4.90 Å². The molecule has 27 heavy (non-hydrogen) atoms. The van der Waals surface area contributed by atoms with Crippen molar-refractivity contribution < 1.29 is 4.79 Å². The smallest absolute Gasteiger partial charge is 0.254 e. The molecule has 138 valence electrons. The highest BCUT2D eigenvalue weighted by Gasteiger charge is 2.20. The molecule has 1 saturated heterocycles. The maximum absolute atomic E-state index is 12.5. The van der Waals surface area contributed by atoms with Crippen LogP contribution in [0.5, 0.6) is 0 Å². The van der Waals surface area contributed by atoms with Crippen LogP contribution in [0.2, 0.25) is 0 Å². The minimum atomic E-state index is 0.0587. The maximum Gasteiger partial charge on any atom is 0.254 e. The molecule has 2 aromatic carbocycles. The molecule has 0 atom stereocenters. The number of anilines is 1. The Bertz CT molecular complexity index is 900. The van der Waals surface area contributed by atoms with Crippen LogP contribution in [0, 0.1) is 24.2 Å². The molecule has 0 radical (unpaired) electrons. The summed E-state index contributed by atoms with van der Waals surface area (Å²) in [5.74, 6) is 6.41. The largest absolute Gasteiger partial charge is 0.384 e. The van der Waals surface area contributed by atoms with Crippen LogP contribution in [0.15, 0.2) is 42.5 Å². The van der Waals surface area contributed by atoms with E-state index >= 15 is 0 Å². The zero-order chi connectivity index (χ0) is 19.2. The van der Waals surface area contributed by atoms with Crippen LogP contribution in [-0.4, -0.2) is 36.3 Å². The van der Waals surface area contributed by atoms with Gasteiger partial charge in [-0.05, 0) is 67.8 Å². The SMILES string of the molecule is Cc1cc(C#CCNc2ccc(C(=N)N)cc2)ccc1C(=O)N1CCCC1. The van der Waals surface area contributed by atoms with Crippen molar-refractivity contribution >= 4 is 17.4 Å². The number of benzene rings is 2. The molecule has 2 aromatic rings. The number of likely N-dealkylation sites (tertiary alicyclic amines) is 1. The van der Waals surface area contributed by atoms with Crippen molar-refractivity contribution in [2.75, 3.05) is 25.0 Å². The summed E-state index contributed by atoms with van der Waals surface area (Å²) in [4.78, 5) is 14.4. The molecule has 1 amide bonds. The number of carbonyl (C=O) groups excluding carboxylic acids is 1. The highest BCUT2D eigenvalue weighted by Crippen LogP contribution is 2.17. The summed E-state index contributed by atoms with van der Waals surface area (Å²) in [6, 6.07) is 13.1. The van der Waals surface area contributed by atoms with E-state index in [1.807, 2.05) is 42.2 Å². The van der Waals surface area contributed by atoms with E-state index < -0.39 is 0 Å². The standard InChI is InChI=1S/C22H24N4O/c1-16-15-17(6-11-20(16)22(27)26-13-2-3-14-26)5-4-12-25-19-9-7-18(8-10-19)21(23)24/h6-11,15,25H,2-3,12-14H2,1H3,(H3,23,24). The van der Waals surface area contributed by atoms with Gasteiger partial charge in [0.05, 0.1) is 6.54 Å². The van der Waals surface area contributed by atoms with Crippen molar-refractivity contribution in [3.8, 4) is 11.8 Å². The van der Waals surface area contributed by atoms with Crippen molar-refractivity contribution in [3.63, 3.8) is 0 Å². The Hall–Kier alpha value is -3.26. The third-order valence-electron chi connectivity index (χ3n) is 4.66. The van der Waals surface area contributed by atoms with E-state index in [1.54, 1.807) is 12.1 Å². The van der Waals surface area contributed by atoms with Crippen LogP contribution in [-0.2, 0) is 0 Å². The number of hydrogen-bond acceptors (Lipinski definition) is 3. The van der Waals surface area contributed by atoms with Gasteiger partial charge in [0.1, 0.15) is 5.84 Å². The zero-order valence-corrected chi connectivity index (χ0v) is 15.5. The first-order chi connectivity index (χ1) is 13.0. The summed E-state index contributed by atoms with van der Waals surface area (Å²) in [5.41, 5.74) is 9.71. The van der Waals surface area contributed by atoms with Gasteiger partial charge in [-0.2, -0.15) is 0 Å². The first-order valence-electron chi connectivity index (χ1n) is 9.12. The van der Waals surface area contributed by atoms with Gasteiger partial charge < -0.3 is 16.0 Å². The molecule has 1 fully saturated rings. The lowest BCUT2D eigenvalue weighted by Gasteiger charge is -2.16. The average Bonchev–Trinajstić information content (AvgIpc) is 3.20. The fourth-order valence-electron chi connectivity index (χ4n) is 3.13. The Morgan fingerprint density at radius 3 is 2.52 bits per heavy atom. The fraction of sp³-hybridized carbons (Fsp3) is 0.273. The maximum atomic E-state index is 12.5. The number of aryl methyl sites for hydroxylation is 1. The van der Waals surface area contributed by atoms with Gasteiger partial charge >= 0.3 is 0 Å². The van der Waals surface area contributed by atoms with E-state index in [2.05, 4.69) is 17.2 Å². The van der Waals surface area contributed by atoms with E-state index in [9.17, 15) is 4.79 Å². The molecule has 1 aliphatic heterocycles. The van der Waals surface area contributed by atoms with Crippen LogP contribution in [0.4, 0.5) is 5.69 Å². The van der Waals surface area contributed by atoms with Crippen molar-refractivity contribution in [2.45, 2.75) is 19.8 Å². The Balaban J connectivity index is 1.59. The van der Waals surface area contributed by atoms with E-state index in [0.717, 1.165) is 48.3 Å². The second-order valence-electron chi connectivity index (χ2n) is 6.68. The van der Waals surface area contributed by atoms with E-state index in [4.69, 9.17) is 11.1 Å². The number of nitrogens with one attached hydrogen (secondary N) is 2. The normalized spacial score (nSPS) is 13.0. The van der Waals surface area contributed by atoms with Gasteiger partial charge in [-0.3, -0.25) is 10.2 Å². The molecule has 0 bridgehead atoms. The second kappa shape index (κ2) is 8.41. The molecule has 0 aromatic heterocycles. The van der Waals surface area contributed by atoms with Gasteiger partial charge in [0, 0.05) is 35.5 Å². The van der Waals surface area contributed by atoms with E-state index in [-0.39, 0.29) is 11.7 Å². The lowest BCUT2D eigenvalue weighted by atomic mass is 10.0. The Kier molecular flexibility index (Phi) is 5.77. The molecule has 0 unspecified atom stereocenters. The summed E-state index contributed by atoms with van der Waals surface area (Å²) in [6.45, 7) is 4.19. The predicted octanol–water partition coefficient (Wildman–Crippen LogP) is 2.98. The Morgan fingerprint density at radius 1 is 1.19 bits per heavy atom. The summed E-state index contributed by atoms with van der Waals surface area (Å²) < 4.78 is 0. The van der Waals surface area contributed by atoms with Crippen molar-refractivity contribution in [3.05, 3.63) is 64.7 Å². The second-order valence-corrected chi connectivity index (χ2v) is 6.68. The number of amides is 1. The molecule has 0 aliphatic carbocycles. The third kappa shape index (κ3) is 4.68. The number of amidine groups is 1. The summed E-state index contributed by atoms with van der Waals surface area (Å²) >= 11 is 0. The first kappa shape index (κ1) is 18.5. The molecule has 5 heteroatoms. The number of hydrogen-bond donors (Lipinski definition) is 3. The quantitative estimate of drug-likeness (QED) is 0.445. The molecular weight excluding hydrogens is 336 g/mol. The molecule has 3 rings (SSSR count). The van der Waals surface area contributed by atoms with Gasteiger partial charge in [0.15, 0.2) is 0 Å². The molecule has 0 saturated carbocycles. The molecule has 1 heterocycles. The van der Waals surface area contributed by atoms with Crippen molar-refractivity contribution in [2.24, 2.45) is 5.73 Å². The predicted molar refractivity (Wildman–Crippen MR) is 109 cm³/mol.